The first-order valence-electron chi connectivity index (χ1n) is 5.24. The first-order chi connectivity index (χ1) is 7.29. The Morgan fingerprint density at radius 2 is 1.67 bits per heavy atom. The first kappa shape index (κ1) is 8.54. The third-order valence-electron chi connectivity index (χ3n) is 3.13. The highest BCUT2D eigenvalue weighted by molar-refractivity contribution is 5.94. The number of aromatic nitrogens is 1. The highest BCUT2D eigenvalue weighted by Crippen LogP contribution is 2.27. The van der Waals surface area contributed by atoms with Gasteiger partial charge in [0.1, 0.15) is 0 Å². The Morgan fingerprint density at radius 1 is 0.867 bits per heavy atom. The molecule has 0 fully saturated rings. The van der Waals surface area contributed by atoms with E-state index in [9.17, 15) is 0 Å². The van der Waals surface area contributed by atoms with Crippen molar-refractivity contribution < 1.29 is 0 Å². The second-order valence-corrected chi connectivity index (χ2v) is 4.05. The Labute approximate surface area is 89.0 Å². The second-order valence-electron chi connectivity index (χ2n) is 4.05. The van der Waals surface area contributed by atoms with E-state index in [-0.39, 0.29) is 0 Å². The van der Waals surface area contributed by atoms with Gasteiger partial charge in [-0.3, -0.25) is 0 Å². The normalized spacial score (nSPS) is 11.3. The molecule has 3 aromatic rings. The summed E-state index contributed by atoms with van der Waals surface area (Å²) < 4.78 is 2.26. The van der Waals surface area contributed by atoms with Crippen molar-refractivity contribution in [3.63, 3.8) is 0 Å². The maximum absolute atomic E-state index is 2.26. The maximum Gasteiger partial charge on any atom is 0.0534 e. The van der Waals surface area contributed by atoms with Gasteiger partial charge in [0.05, 0.1) is 5.52 Å². The standard InChI is InChI=1S/C14H13N/c1-10-6-5-8-13-14(10)11(2)12-7-3-4-9-15(12)13/h3-9H,1-2H3. The molecule has 0 bridgehead atoms. The quantitative estimate of drug-likeness (QED) is 0.515. The molecule has 1 heteroatoms. The highest BCUT2D eigenvalue weighted by Gasteiger charge is 2.08. The predicted molar refractivity (Wildman–Crippen MR) is 64.4 cm³/mol. The van der Waals surface area contributed by atoms with Crippen LogP contribution < -0.4 is 0 Å². The van der Waals surface area contributed by atoms with Gasteiger partial charge in [-0.05, 0) is 43.2 Å². The lowest BCUT2D eigenvalue weighted by Crippen LogP contribution is -1.81. The fourth-order valence-electron chi connectivity index (χ4n) is 2.43. The summed E-state index contributed by atoms with van der Waals surface area (Å²) in [5, 5.41) is 1.39. The zero-order valence-electron chi connectivity index (χ0n) is 8.99. The van der Waals surface area contributed by atoms with Crippen LogP contribution in [0.15, 0.2) is 42.6 Å². The highest BCUT2D eigenvalue weighted by atomic mass is 14.9. The Kier molecular flexibility index (Phi) is 1.63. The molecule has 0 spiro atoms. The van der Waals surface area contributed by atoms with Crippen LogP contribution in [0.25, 0.3) is 16.4 Å². The third-order valence-corrected chi connectivity index (χ3v) is 3.13. The summed E-state index contributed by atoms with van der Waals surface area (Å²) in [4.78, 5) is 0. The Morgan fingerprint density at radius 3 is 2.53 bits per heavy atom. The number of fused-ring (bicyclic) bond motifs is 3. The first-order valence-corrected chi connectivity index (χ1v) is 5.24. The van der Waals surface area contributed by atoms with Gasteiger partial charge in [0.25, 0.3) is 0 Å². The molecule has 0 saturated heterocycles. The molecule has 74 valence electrons. The fraction of sp³-hybridized carbons (Fsp3) is 0.143. The molecule has 0 amide bonds. The largest absolute Gasteiger partial charge is 0.316 e. The number of aryl methyl sites for hydroxylation is 2. The van der Waals surface area contributed by atoms with Gasteiger partial charge in [0.2, 0.25) is 0 Å². The minimum Gasteiger partial charge on any atom is -0.316 e. The summed E-state index contributed by atoms with van der Waals surface area (Å²) in [6.07, 6.45) is 2.13. The van der Waals surface area contributed by atoms with Crippen LogP contribution in [0.2, 0.25) is 0 Å². The SMILES string of the molecule is Cc1cccc2c1c(C)c1ccccn12. The molecule has 0 aliphatic carbocycles. The van der Waals surface area contributed by atoms with Crippen LogP contribution in [0.3, 0.4) is 0 Å². The topological polar surface area (TPSA) is 4.41 Å². The van der Waals surface area contributed by atoms with Crippen LogP contribution >= 0.6 is 0 Å². The van der Waals surface area contributed by atoms with Crippen molar-refractivity contribution in [2.24, 2.45) is 0 Å². The van der Waals surface area contributed by atoms with Crippen molar-refractivity contribution in [2.75, 3.05) is 0 Å². The van der Waals surface area contributed by atoms with E-state index in [4.69, 9.17) is 0 Å². The molecular formula is C14H13N. The monoisotopic (exact) mass is 195 g/mol. The van der Waals surface area contributed by atoms with Crippen LogP contribution in [-0.2, 0) is 0 Å². The van der Waals surface area contributed by atoms with Crippen molar-refractivity contribution in [3.8, 4) is 0 Å². The molecule has 1 nitrogen and oxygen atoms in total. The van der Waals surface area contributed by atoms with Gasteiger partial charge < -0.3 is 4.40 Å². The van der Waals surface area contributed by atoms with Gasteiger partial charge in [-0.1, -0.05) is 18.2 Å². The van der Waals surface area contributed by atoms with Gasteiger partial charge in [-0.25, -0.2) is 0 Å². The number of rotatable bonds is 0. The Hall–Kier alpha value is -1.76. The zero-order valence-corrected chi connectivity index (χ0v) is 8.99. The molecule has 0 aliphatic rings. The minimum atomic E-state index is 1.31. The van der Waals surface area contributed by atoms with E-state index < -0.39 is 0 Å². The molecule has 15 heavy (non-hydrogen) atoms. The lowest BCUT2D eigenvalue weighted by Gasteiger charge is -1.97. The van der Waals surface area contributed by atoms with Crippen molar-refractivity contribution in [1.82, 2.24) is 4.40 Å². The molecular weight excluding hydrogens is 182 g/mol. The van der Waals surface area contributed by atoms with E-state index in [0.717, 1.165) is 0 Å². The smallest absolute Gasteiger partial charge is 0.0534 e. The van der Waals surface area contributed by atoms with E-state index in [1.165, 1.54) is 27.5 Å². The molecule has 3 rings (SSSR count). The van der Waals surface area contributed by atoms with Crippen molar-refractivity contribution in [1.29, 1.82) is 0 Å². The van der Waals surface area contributed by atoms with Gasteiger partial charge in [0, 0.05) is 17.1 Å². The molecule has 0 atom stereocenters. The van der Waals surface area contributed by atoms with Crippen molar-refractivity contribution in [2.45, 2.75) is 13.8 Å². The summed E-state index contributed by atoms with van der Waals surface area (Å²) >= 11 is 0. The molecule has 1 aromatic carbocycles. The van der Waals surface area contributed by atoms with Crippen LogP contribution in [0, 0.1) is 13.8 Å². The van der Waals surface area contributed by atoms with Gasteiger partial charge in [-0.2, -0.15) is 0 Å². The second kappa shape index (κ2) is 2.86. The lowest BCUT2D eigenvalue weighted by atomic mass is 10.1. The van der Waals surface area contributed by atoms with E-state index >= 15 is 0 Å². The van der Waals surface area contributed by atoms with Crippen LogP contribution in [0.4, 0.5) is 0 Å². The van der Waals surface area contributed by atoms with Crippen molar-refractivity contribution >= 4 is 16.4 Å². The zero-order chi connectivity index (χ0) is 10.4. The number of pyridine rings is 1. The molecule has 0 saturated carbocycles. The molecule has 0 unspecified atom stereocenters. The minimum absolute atomic E-state index is 1.31. The van der Waals surface area contributed by atoms with Crippen LogP contribution in [0.5, 0.6) is 0 Å². The van der Waals surface area contributed by atoms with E-state index in [1.54, 1.807) is 0 Å². The molecule has 0 radical (unpaired) electrons. The van der Waals surface area contributed by atoms with E-state index in [0.29, 0.717) is 0 Å². The fourth-order valence-corrected chi connectivity index (χ4v) is 2.43. The average molecular weight is 195 g/mol. The summed E-state index contributed by atoms with van der Waals surface area (Å²) in [6.45, 7) is 4.37. The number of nitrogens with zero attached hydrogens (tertiary/aromatic N) is 1. The van der Waals surface area contributed by atoms with Crippen molar-refractivity contribution in [3.05, 3.63) is 53.7 Å². The number of hydrogen-bond donors (Lipinski definition) is 0. The Balaban J connectivity index is 2.69. The molecule has 2 aromatic heterocycles. The van der Waals surface area contributed by atoms with E-state index in [1.807, 2.05) is 0 Å². The maximum atomic E-state index is 2.26. The van der Waals surface area contributed by atoms with Crippen LogP contribution in [0.1, 0.15) is 11.1 Å². The third kappa shape index (κ3) is 1.03. The van der Waals surface area contributed by atoms with Gasteiger partial charge in [-0.15, -0.1) is 0 Å². The predicted octanol–water partition coefficient (Wildman–Crippen LogP) is 3.71. The summed E-state index contributed by atoms with van der Waals surface area (Å²) in [5.74, 6) is 0. The van der Waals surface area contributed by atoms with E-state index in [2.05, 4.69) is 60.8 Å². The average Bonchev–Trinajstić information content (AvgIpc) is 2.55. The van der Waals surface area contributed by atoms with Gasteiger partial charge >= 0.3 is 0 Å². The number of hydrogen-bond acceptors (Lipinski definition) is 0. The summed E-state index contributed by atoms with van der Waals surface area (Å²) in [6, 6.07) is 12.8. The molecule has 0 N–H and O–H groups in total. The molecule has 2 heterocycles. The Bertz CT molecular complexity index is 647. The lowest BCUT2D eigenvalue weighted by molar-refractivity contribution is 1.25. The number of benzene rings is 1. The summed E-state index contributed by atoms with van der Waals surface area (Å²) in [5.41, 5.74) is 5.35. The van der Waals surface area contributed by atoms with Crippen LogP contribution in [-0.4, -0.2) is 4.40 Å². The molecule has 0 aliphatic heterocycles. The summed E-state index contributed by atoms with van der Waals surface area (Å²) in [7, 11) is 0. The van der Waals surface area contributed by atoms with Gasteiger partial charge in [0.15, 0.2) is 0 Å².